The molecular weight excluding hydrogens is 416 g/mol. The highest BCUT2D eigenvalue weighted by atomic mass is 16.5. The lowest BCUT2D eigenvalue weighted by Crippen LogP contribution is -2.24. The molecule has 0 saturated carbocycles. The summed E-state index contributed by atoms with van der Waals surface area (Å²) in [5.74, 6) is 0.297. The molecule has 0 bridgehead atoms. The SMILES string of the molecule is CCCCc1ccc(OCC(=O)N/N=C\c2ccc(OC(=O)c3ccc(C)cc3)cc2)cc1. The predicted molar refractivity (Wildman–Crippen MR) is 129 cm³/mol. The molecule has 0 spiro atoms. The number of rotatable bonds is 10. The Labute approximate surface area is 194 Å². The van der Waals surface area contributed by atoms with Crippen molar-refractivity contribution in [3.8, 4) is 11.5 Å². The standard InChI is InChI=1S/C27H28N2O4/c1-3-4-5-21-8-14-24(15-9-21)32-19-26(30)29-28-18-22-10-16-25(17-11-22)33-27(31)23-12-6-20(2)7-13-23/h6-18H,3-5,19H2,1-2H3,(H,29,30)/b28-18-. The quantitative estimate of drug-likeness (QED) is 0.205. The second kappa shape index (κ2) is 12.2. The van der Waals surface area contributed by atoms with Crippen molar-refractivity contribution in [1.29, 1.82) is 0 Å². The third kappa shape index (κ3) is 7.92. The van der Waals surface area contributed by atoms with Crippen LogP contribution in [0, 0.1) is 6.92 Å². The second-order valence-corrected chi connectivity index (χ2v) is 7.65. The van der Waals surface area contributed by atoms with E-state index in [4.69, 9.17) is 9.47 Å². The number of unbranched alkanes of at least 4 members (excludes halogenated alkanes) is 1. The minimum absolute atomic E-state index is 0.125. The lowest BCUT2D eigenvalue weighted by atomic mass is 10.1. The zero-order valence-corrected chi connectivity index (χ0v) is 18.9. The Kier molecular flexibility index (Phi) is 8.77. The van der Waals surface area contributed by atoms with Gasteiger partial charge in [-0.1, -0.05) is 43.2 Å². The number of carbonyl (C=O) groups excluding carboxylic acids is 2. The number of esters is 1. The van der Waals surface area contributed by atoms with Crippen molar-refractivity contribution >= 4 is 18.1 Å². The van der Waals surface area contributed by atoms with Crippen LogP contribution in [-0.2, 0) is 11.2 Å². The smallest absolute Gasteiger partial charge is 0.343 e. The van der Waals surface area contributed by atoms with Crippen molar-refractivity contribution < 1.29 is 19.1 Å². The molecule has 3 rings (SSSR count). The van der Waals surface area contributed by atoms with Gasteiger partial charge in [-0.05, 0) is 79.4 Å². The average molecular weight is 445 g/mol. The zero-order valence-electron chi connectivity index (χ0n) is 18.9. The minimum atomic E-state index is -0.417. The molecule has 0 fully saturated rings. The summed E-state index contributed by atoms with van der Waals surface area (Å²) in [5.41, 5.74) is 6.00. The van der Waals surface area contributed by atoms with Gasteiger partial charge in [0.1, 0.15) is 11.5 Å². The lowest BCUT2D eigenvalue weighted by Gasteiger charge is -2.06. The number of nitrogens with zero attached hydrogens (tertiary/aromatic N) is 1. The first-order valence-corrected chi connectivity index (χ1v) is 11.0. The molecule has 33 heavy (non-hydrogen) atoms. The number of hydrogen-bond acceptors (Lipinski definition) is 5. The summed E-state index contributed by atoms with van der Waals surface area (Å²) >= 11 is 0. The van der Waals surface area contributed by atoms with Crippen LogP contribution in [0.4, 0.5) is 0 Å². The summed E-state index contributed by atoms with van der Waals surface area (Å²) in [5, 5.41) is 3.94. The molecular formula is C27H28N2O4. The van der Waals surface area contributed by atoms with Crippen molar-refractivity contribution in [2.75, 3.05) is 6.61 Å². The predicted octanol–water partition coefficient (Wildman–Crippen LogP) is 5.09. The zero-order chi connectivity index (χ0) is 23.5. The molecule has 0 aliphatic carbocycles. The van der Waals surface area contributed by atoms with Gasteiger partial charge >= 0.3 is 5.97 Å². The maximum Gasteiger partial charge on any atom is 0.343 e. The van der Waals surface area contributed by atoms with Crippen LogP contribution in [0.3, 0.4) is 0 Å². The molecule has 1 N–H and O–H groups in total. The Morgan fingerprint density at radius 1 is 0.909 bits per heavy atom. The van der Waals surface area contributed by atoms with Crippen LogP contribution >= 0.6 is 0 Å². The van der Waals surface area contributed by atoms with E-state index in [-0.39, 0.29) is 12.5 Å². The second-order valence-electron chi connectivity index (χ2n) is 7.65. The van der Waals surface area contributed by atoms with Gasteiger partial charge in [-0.25, -0.2) is 10.2 Å². The van der Waals surface area contributed by atoms with Gasteiger partial charge in [-0.2, -0.15) is 5.10 Å². The Balaban J connectivity index is 1.41. The van der Waals surface area contributed by atoms with Gasteiger partial charge in [0.15, 0.2) is 6.61 Å². The highest BCUT2D eigenvalue weighted by molar-refractivity contribution is 5.91. The first kappa shape index (κ1) is 23.7. The van der Waals surface area contributed by atoms with Crippen LogP contribution in [0.5, 0.6) is 11.5 Å². The summed E-state index contributed by atoms with van der Waals surface area (Å²) in [4.78, 5) is 24.1. The highest BCUT2D eigenvalue weighted by Crippen LogP contribution is 2.15. The summed E-state index contributed by atoms with van der Waals surface area (Å²) < 4.78 is 10.9. The van der Waals surface area contributed by atoms with Crippen molar-refractivity contribution in [1.82, 2.24) is 5.43 Å². The van der Waals surface area contributed by atoms with E-state index in [1.165, 1.54) is 11.8 Å². The van der Waals surface area contributed by atoms with Crippen LogP contribution in [0.1, 0.15) is 46.8 Å². The Morgan fingerprint density at radius 3 is 2.24 bits per heavy atom. The van der Waals surface area contributed by atoms with Gasteiger partial charge in [-0.15, -0.1) is 0 Å². The molecule has 0 radical (unpaired) electrons. The Hall–Kier alpha value is -3.93. The van der Waals surface area contributed by atoms with Crippen LogP contribution in [0.25, 0.3) is 0 Å². The van der Waals surface area contributed by atoms with Gasteiger partial charge in [0.05, 0.1) is 11.8 Å². The fraction of sp³-hybridized carbons (Fsp3) is 0.222. The van der Waals surface area contributed by atoms with Crippen LogP contribution in [0.2, 0.25) is 0 Å². The average Bonchev–Trinajstić information content (AvgIpc) is 2.83. The monoisotopic (exact) mass is 444 g/mol. The largest absolute Gasteiger partial charge is 0.484 e. The fourth-order valence-corrected chi connectivity index (χ4v) is 2.97. The summed E-state index contributed by atoms with van der Waals surface area (Å²) in [7, 11) is 0. The number of amides is 1. The van der Waals surface area contributed by atoms with Crippen molar-refractivity contribution in [3.63, 3.8) is 0 Å². The number of nitrogens with one attached hydrogen (secondary N) is 1. The molecule has 3 aromatic carbocycles. The van der Waals surface area contributed by atoms with Crippen molar-refractivity contribution in [3.05, 3.63) is 95.1 Å². The van der Waals surface area contributed by atoms with Crippen molar-refractivity contribution in [2.24, 2.45) is 5.10 Å². The Bertz CT molecular complexity index is 1070. The molecule has 0 aromatic heterocycles. The fourth-order valence-electron chi connectivity index (χ4n) is 2.97. The molecule has 170 valence electrons. The van der Waals surface area contributed by atoms with Crippen LogP contribution < -0.4 is 14.9 Å². The number of aryl methyl sites for hydroxylation is 2. The first-order chi connectivity index (χ1) is 16.0. The van der Waals surface area contributed by atoms with E-state index in [2.05, 4.69) is 17.5 Å². The number of hydrogen-bond donors (Lipinski definition) is 1. The van der Waals surface area contributed by atoms with E-state index < -0.39 is 5.97 Å². The van der Waals surface area contributed by atoms with Gasteiger partial charge in [0.25, 0.3) is 5.91 Å². The molecule has 0 saturated heterocycles. The molecule has 0 unspecified atom stereocenters. The van der Waals surface area contributed by atoms with Gasteiger partial charge in [0, 0.05) is 0 Å². The van der Waals surface area contributed by atoms with E-state index >= 15 is 0 Å². The van der Waals surface area contributed by atoms with E-state index in [0.717, 1.165) is 30.4 Å². The summed E-state index contributed by atoms with van der Waals surface area (Å²) in [6.07, 6.45) is 4.86. The molecule has 1 amide bonds. The number of ether oxygens (including phenoxy) is 2. The van der Waals surface area contributed by atoms with Crippen LogP contribution in [0.15, 0.2) is 77.9 Å². The van der Waals surface area contributed by atoms with Gasteiger partial charge in [0.2, 0.25) is 0 Å². The van der Waals surface area contributed by atoms with Crippen LogP contribution in [-0.4, -0.2) is 24.7 Å². The number of hydrazone groups is 1. The molecule has 0 atom stereocenters. The maximum absolute atomic E-state index is 12.2. The molecule has 0 heterocycles. The third-order valence-electron chi connectivity index (χ3n) is 4.89. The van der Waals surface area contributed by atoms with E-state index in [1.54, 1.807) is 36.4 Å². The first-order valence-electron chi connectivity index (χ1n) is 11.0. The molecule has 0 aliphatic heterocycles. The third-order valence-corrected chi connectivity index (χ3v) is 4.89. The molecule has 6 nitrogen and oxygen atoms in total. The minimum Gasteiger partial charge on any atom is -0.484 e. The van der Waals surface area contributed by atoms with Gasteiger partial charge < -0.3 is 9.47 Å². The molecule has 6 heteroatoms. The highest BCUT2D eigenvalue weighted by Gasteiger charge is 2.08. The Morgan fingerprint density at radius 2 is 1.58 bits per heavy atom. The van der Waals surface area contributed by atoms with E-state index in [1.807, 2.05) is 43.3 Å². The molecule has 3 aromatic rings. The number of benzene rings is 3. The van der Waals surface area contributed by atoms with Gasteiger partial charge in [-0.3, -0.25) is 4.79 Å². The van der Waals surface area contributed by atoms with E-state index in [0.29, 0.717) is 17.1 Å². The normalized spacial score (nSPS) is 10.7. The van der Waals surface area contributed by atoms with E-state index in [9.17, 15) is 9.59 Å². The topological polar surface area (TPSA) is 77.0 Å². The lowest BCUT2D eigenvalue weighted by molar-refractivity contribution is -0.123. The maximum atomic E-state index is 12.2. The summed E-state index contributed by atoms with van der Waals surface area (Å²) in [6.45, 7) is 4.00. The van der Waals surface area contributed by atoms with Crippen molar-refractivity contribution in [2.45, 2.75) is 33.1 Å². The number of carbonyl (C=O) groups is 2. The molecule has 0 aliphatic rings. The summed E-state index contributed by atoms with van der Waals surface area (Å²) in [6, 6.07) is 21.8.